The number of carbonyl (C=O) groups excluding carboxylic acids is 3. The van der Waals surface area contributed by atoms with Crippen molar-refractivity contribution in [2.24, 2.45) is 23.2 Å². The third-order valence-corrected chi connectivity index (χ3v) is 8.10. The molecule has 0 aromatic carbocycles. The first-order valence-corrected chi connectivity index (χ1v) is 12.2. The van der Waals surface area contributed by atoms with E-state index in [1.165, 1.54) is 19.3 Å². The SMILES string of the molecule is CCC(OC(=O)[C@@H]1CC(O)CN1C(=O)C12CC3CC(CC(C3)C1)C2)C(=O)Nc1cc(C)on1. The van der Waals surface area contributed by atoms with Crippen molar-refractivity contribution in [2.75, 3.05) is 11.9 Å². The lowest BCUT2D eigenvalue weighted by Crippen LogP contribution is -2.56. The van der Waals surface area contributed by atoms with Gasteiger partial charge in [-0.25, -0.2) is 4.79 Å². The predicted octanol–water partition coefficient (Wildman–Crippen LogP) is 2.42. The second-order valence-electron chi connectivity index (χ2n) is 10.7. The Morgan fingerprint density at radius 1 is 1.21 bits per heavy atom. The zero-order valence-electron chi connectivity index (χ0n) is 19.3. The number of nitrogens with one attached hydrogen (secondary N) is 1. The lowest BCUT2D eigenvalue weighted by Gasteiger charge is -2.56. The topological polar surface area (TPSA) is 122 Å². The molecule has 0 radical (unpaired) electrons. The summed E-state index contributed by atoms with van der Waals surface area (Å²) >= 11 is 0. The van der Waals surface area contributed by atoms with Crippen LogP contribution in [0.3, 0.4) is 0 Å². The molecule has 3 atom stereocenters. The number of β-amino-alcohol motifs (C(OH)–C–C–N with tert-alkyl or cyclic N) is 1. The standard InChI is InChI=1S/C24H33N3O6/c1-3-19(21(29)25-20-4-13(2)33-26-20)32-22(30)18-8-17(28)12-27(18)23(31)24-9-14-5-15(10-24)7-16(6-14)11-24/h4,14-19,28H,3,5-12H2,1-2H3,(H,25,26,29)/t14?,15?,16?,17?,18-,19?,24?/m0/s1. The van der Waals surface area contributed by atoms with E-state index in [0.717, 1.165) is 19.3 Å². The lowest BCUT2D eigenvalue weighted by atomic mass is 9.49. The lowest BCUT2D eigenvalue weighted by molar-refractivity contribution is -0.168. The molecular weight excluding hydrogens is 426 g/mol. The minimum atomic E-state index is -1.02. The van der Waals surface area contributed by atoms with Crippen molar-refractivity contribution < 1.29 is 28.8 Å². The monoisotopic (exact) mass is 459 g/mol. The van der Waals surface area contributed by atoms with Crippen LogP contribution in [0, 0.1) is 30.1 Å². The minimum absolute atomic E-state index is 0.00401. The van der Waals surface area contributed by atoms with Gasteiger partial charge in [0.25, 0.3) is 5.91 Å². The highest BCUT2D eigenvalue weighted by Crippen LogP contribution is 2.60. The van der Waals surface area contributed by atoms with E-state index in [1.807, 2.05) is 0 Å². The van der Waals surface area contributed by atoms with Crippen LogP contribution >= 0.6 is 0 Å². The third-order valence-electron chi connectivity index (χ3n) is 8.10. The Balaban J connectivity index is 1.27. The second-order valence-corrected chi connectivity index (χ2v) is 10.7. The summed E-state index contributed by atoms with van der Waals surface area (Å²) < 4.78 is 10.5. The van der Waals surface area contributed by atoms with Crippen LogP contribution in [0.15, 0.2) is 10.6 Å². The summed E-state index contributed by atoms with van der Waals surface area (Å²) in [7, 11) is 0. The number of nitrogens with zero attached hydrogens (tertiary/aromatic N) is 2. The van der Waals surface area contributed by atoms with Crippen molar-refractivity contribution in [3.05, 3.63) is 11.8 Å². The molecule has 4 bridgehead atoms. The van der Waals surface area contributed by atoms with E-state index in [9.17, 15) is 19.5 Å². The van der Waals surface area contributed by atoms with Crippen LogP contribution in [0.25, 0.3) is 0 Å². The second kappa shape index (κ2) is 8.42. The zero-order chi connectivity index (χ0) is 23.3. The van der Waals surface area contributed by atoms with Gasteiger partial charge < -0.3 is 24.6 Å². The summed E-state index contributed by atoms with van der Waals surface area (Å²) in [5.41, 5.74) is -0.399. The highest BCUT2D eigenvalue weighted by atomic mass is 16.6. The number of carbonyl (C=O) groups is 3. The molecule has 5 aliphatic rings. The number of hydrogen-bond acceptors (Lipinski definition) is 7. The molecular formula is C24H33N3O6. The molecule has 2 amide bonds. The molecule has 1 aliphatic heterocycles. The maximum absolute atomic E-state index is 13.8. The predicted molar refractivity (Wildman–Crippen MR) is 117 cm³/mol. The molecule has 1 saturated heterocycles. The van der Waals surface area contributed by atoms with E-state index in [1.54, 1.807) is 24.8 Å². The van der Waals surface area contributed by atoms with Gasteiger partial charge in [0.2, 0.25) is 5.91 Å². The summed E-state index contributed by atoms with van der Waals surface area (Å²) in [6, 6.07) is 0.711. The molecule has 2 heterocycles. The number of likely N-dealkylation sites (tertiary alicyclic amines) is 1. The van der Waals surface area contributed by atoms with Crippen molar-refractivity contribution in [3.8, 4) is 0 Å². The van der Waals surface area contributed by atoms with Gasteiger partial charge in [0.05, 0.1) is 11.5 Å². The Morgan fingerprint density at radius 3 is 2.39 bits per heavy atom. The molecule has 6 rings (SSSR count). The molecule has 2 N–H and O–H groups in total. The van der Waals surface area contributed by atoms with Crippen LogP contribution in [0.1, 0.15) is 64.1 Å². The molecule has 4 saturated carbocycles. The fourth-order valence-corrected chi connectivity index (χ4v) is 7.11. The van der Waals surface area contributed by atoms with E-state index >= 15 is 0 Å². The smallest absolute Gasteiger partial charge is 0.329 e. The summed E-state index contributed by atoms with van der Waals surface area (Å²) in [6.45, 7) is 3.59. The van der Waals surface area contributed by atoms with Crippen molar-refractivity contribution in [1.82, 2.24) is 10.1 Å². The molecule has 180 valence electrons. The van der Waals surface area contributed by atoms with Gasteiger partial charge >= 0.3 is 5.97 Å². The van der Waals surface area contributed by atoms with Crippen molar-refractivity contribution >= 4 is 23.6 Å². The molecule has 9 nitrogen and oxygen atoms in total. The van der Waals surface area contributed by atoms with Crippen molar-refractivity contribution in [3.63, 3.8) is 0 Å². The van der Waals surface area contributed by atoms with Crippen molar-refractivity contribution in [1.29, 1.82) is 0 Å². The van der Waals surface area contributed by atoms with E-state index in [2.05, 4.69) is 10.5 Å². The fourth-order valence-electron chi connectivity index (χ4n) is 7.11. The molecule has 4 aliphatic carbocycles. The Bertz CT molecular complexity index is 907. The number of ether oxygens (including phenoxy) is 1. The van der Waals surface area contributed by atoms with Gasteiger partial charge in [0.15, 0.2) is 11.9 Å². The highest BCUT2D eigenvalue weighted by Gasteiger charge is 2.57. The van der Waals surface area contributed by atoms with Crippen LogP contribution in [0.5, 0.6) is 0 Å². The van der Waals surface area contributed by atoms with Crippen LogP contribution in [-0.4, -0.2) is 57.7 Å². The average Bonchev–Trinajstić information content (AvgIpc) is 3.35. The largest absolute Gasteiger partial charge is 0.451 e. The number of aliphatic hydroxyl groups is 1. The summed E-state index contributed by atoms with van der Waals surface area (Å²) in [5, 5.41) is 16.7. The Labute approximate surface area is 193 Å². The number of hydrogen-bond donors (Lipinski definition) is 2. The molecule has 1 aromatic rings. The zero-order valence-corrected chi connectivity index (χ0v) is 19.3. The summed E-state index contributed by atoms with van der Waals surface area (Å²) in [4.78, 5) is 41.1. The summed E-state index contributed by atoms with van der Waals surface area (Å²) in [6.07, 6.45) is 4.95. The first kappa shape index (κ1) is 22.4. The van der Waals surface area contributed by atoms with E-state index in [4.69, 9.17) is 9.26 Å². The molecule has 0 spiro atoms. The van der Waals surface area contributed by atoms with Gasteiger partial charge in [-0.2, -0.15) is 0 Å². The number of aromatic nitrogens is 1. The summed E-state index contributed by atoms with van der Waals surface area (Å²) in [5.74, 6) is 1.47. The van der Waals surface area contributed by atoms with Crippen LogP contribution in [0.2, 0.25) is 0 Å². The van der Waals surface area contributed by atoms with Crippen LogP contribution < -0.4 is 5.32 Å². The minimum Gasteiger partial charge on any atom is -0.451 e. The quantitative estimate of drug-likeness (QED) is 0.627. The number of esters is 1. The van der Waals surface area contributed by atoms with Crippen molar-refractivity contribution in [2.45, 2.75) is 83.5 Å². The number of anilines is 1. The van der Waals surface area contributed by atoms with E-state index in [-0.39, 0.29) is 31.1 Å². The molecule has 1 aromatic heterocycles. The first-order valence-electron chi connectivity index (χ1n) is 12.2. The van der Waals surface area contributed by atoms with E-state index in [0.29, 0.717) is 23.5 Å². The first-order chi connectivity index (χ1) is 15.8. The maximum Gasteiger partial charge on any atom is 0.329 e. The maximum atomic E-state index is 13.8. The highest BCUT2D eigenvalue weighted by molar-refractivity contribution is 5.95. The van der Waals surface area contributed by atoms with Crippen LogP contribution in [0.4, 0.5) is 5.82 Å². The Morgan fingerprint density at radius 2 is 1.85 bits per heavy atom. The number of amides is 2. The van der Waals surface area contributed by atoms with Gasteiger partial charge in [-0.05, 0) is 69.6 Å². The van der Waals surface area contributed by atoms with Gasteiger partial charge in [-0.15, -0.1) is 0 Å². The Kier molecular flexibility index (Phi) is 5.71. The Hall–Kier alpha value is -2.42. The van der Waals surface area contributed by atoms with Crippen LogP contribution in [-0.2, 0) is 19.1 Å². The van der Waals surface area contributed by atoms with Gasteiger partial charge in [-0.1, -0.05) is 12.1 Å². The molecule has 5 fully saturated rings. The number of rotatable bonds is 6. The van der Waals surface area contributed by atoms with Gasteiger partial charge in [0, 0.05) is 19.0 Å². The number of aliphatic hydroxyl groups excluding tert-OH is 1. The average molecular weight is 460 g/mol. The normalized spacial score (nSPS) is 35.5. The fraction of sp³-hybridized carbons (Fsp3) is 0.750. The third kappa shape index (κ3) is 4.16. The number of aryl methyl sites for hydroxylation is 1. The molecule has 2 unspecified atom stereocenters. The van der Waals surface area contributed by atoms with Gasteiger partial charge in [0.1, 0.15) is 11.8 Å². The molecule has 9 heteroatoms. The van der Waals surface area contributed by atoms with Gasteiger partial charge in [-0.3, -0.25) is 9.59 Å². The van der Waals surface area contributed by atoms with E-state index < -0.39 is 35.5 Å². The molecule has 33 heavy (non-hydrogen) atoms.